The zero-order valence-electron chi connectivity index (χ0n) is 12.0. The Labute approximate surface area is 137 Å². The van der Waals surface area contributed by atoms with Crippen molar-refractivity contribution in [1.82, 2.24) is 0 Å². The number of hydrogen-bond donors (Lipinski definition) is 1. The van der Waals surface area contributed by atoms with E-state index in [1.807, 2.05) is 0 Å². The normalized spacial score (nSPS) is 24.8. The van der Waals surface area contributed by atoms with E-state index in [2.05, 4.69) is 0 Å². The molecule has 0 saturated heterocycles. The maximum Gasteiger partial charge on any atom is 0.166 e. The van der Waals surface area contributed by atoms with Gasteiger partial charge in [-0.3, -0.25) is 0 Å². The number of fused-ring (bicyclic) bond motifs is 1. The van der Waals surface area contributed by atoms with Crippen molar-refractivity contribution in [3.8, 4) is 18.2 Å². The largest absolute Gasteiger partial charge is 0.315 e. The Morgan fingerprint density at radius 1 is 0.680 bits per heavy atom. The second kappa shape index (κ2) is 6.46. The fourth-order valence-corrected chi connectivity index (χ4v) is 2.57. The molecule has 2 aliphatic carbocycles. The van der Waals surface area contributed by atoms with Gasteiger partial charge in [-0.1, -0.05) is 0 Å². The highest BCUT2D eigenvalue weighted by Gasteiger charge is 2.48. The molecular formula is C15H6F6N4. The average molecular weight is 356 g/mol. The number of hydrogen-bond acceptors (Lipinski definition) is 4. The summed E-state index contributed by atoms with van der Waals surface area (Å²) in [6.45, 7) is 0. The van der Waals surface area contributed by atoms with Crippen molar-refractivity contribution in [2.75, 3.05) is 0 Å². The highest BCUT2D eigenvalue weighted by Crippen LogP contribution is 2.52. The van der Waals surface area contributed by atoms with Crippen molar-refractivity contribution in [3.63, 3.8) is 0 Å². The first-order valence-electron chi connectivity index (χ1n) is 6.58. The van der Waals surface area contributed by atoms with Crippen LogP contribution in [0.25, 0.3) is 0 Å². The summed E-state index contributed by atoms with van der Waals surface area (Å²) in [5.74, 6) is -18.9. The van der Waals surface area contributed by atoms with Crippen LogP contribution in [0.4, 0.5) is 26.3 Å². The third kappa shape index (κ3) is 2.50. The fraction of sp³-hybridized carbons (Fsp3) is 0.267. The lowest BCUT2D eigenvalue weighted by Gasteiger charge is -2.30. The number of rotatable bonds is 2. The van der Waals surface area contributed by atoms with Crippen LogP contribution in [-0.2, 0) is 0 Å². The van der Waals surface area contributed by atoms with Crippen LogP contribution in [0.15, 0.2) is 46.1 Å². The van der Waals surface area contributed by atoms with E-state index in [0.717, 1.165) is 0 Å². The molecule has 4 nitrogen and oxygen atoms in total. The molecule has 2 rings (SSSR count). The Kier molecular flexibility index (Phi) is 4.73. The molecule has 0 fully saturated rings. The summed E-state index contributed by atoms with van der Waals surface area (Å²) in [7, 11) is 0. The van der Waals surface area contributed by atoms with Crippen LogP contribution < -0.4 is 5.73 Å². The minimum absolute atomic E-state index is 1.19. The lowest BCUT2D eigenvalue weighted by molar-refractivity contribution is 0.338. The van der Waals surface area contributed by atoms with Gasteiger partial charge in [-0.2, -0.15) is 15.8 Å². The maximum absolute atomic E-state index is 14.4. The minimum Gasteiger partial charge on any atom is -0.315 e. The second-order valence-corrected chi connectivity index (χ2v) is 5.12. The highest BCUT2D eigenvalue weighted by molar-refractivity contribution is 5.64. The summed E-state index contributed by atoms with van der Waals surface area (Å²) >= 11 is 0. The Hall–Kier alpha value is -3.03. The molecule has 10 heteroatoms. The summed E-state index contributed by atoms with van der Waals surface area (Å²) < 4.78 is 85.3. The molecule has 0 aromatic carbocycles. The van der Waals surface area contributed by atoms with E-state index in [0.29, 0.717) is 0 Å². The smallest absolute Gasteiger partial charge is 0.166 e. The van der Waals surface area contributed by atoms with Crippen LogP contribution in [0, 0.1) is 51.7 Å². The monoisotopic (exact) mass is 356 g/mol. The van der Waals surface area contributed by atoms with E-state index in [9.17, 15) is 26.3 Å². The van der Waals surface area contributed by atoms with E-state index in [1.165, 1.54) is 18.2 Å². The van der Waals surface area contributed by atoms with Gasteiger partial charge < -0.3 is 5.73 Å². The average Bonchev–Trinajstić information content (AvgIpc) is 2.59. The summed E-state index contributed by atoms with van der Waals surface area (Å²) in [5, 5.41) is 26.1. The van der Waals surface area contributed by atoms with Gasteiger partial charge in [-0.05, 0) is 0 Å². The van der Waals surface area contributed by atoms with Crippen LogP contribution >= 0.6 is 0 Å². The molecule has 0 heterocycles. The van der Waals surface area contributed by atoms with Crippen molar-refractivity contribution >= 4 is 0 Å². The van der Waals surface area contributed by atoms with Gasteiger partial charge in [-0.15, -0.1) is 0 Å². The van der Waals surface area contributed by atoms with Gasteiger partial charge in [0.15, 0.2) is 11.7 Å². The van der Waals surface area contributed by atoms with Crippen LogP contribution in [0.2, 0.25) is 0 Å². The van der Waals surface area contributed by atoms with E-state index < -0.39 is 69.9 Å². The maximum atomic E-state index is 14.4. The zero-order chi connectivity index (χ0) is 19.0. The molecule has 0 amide bonds. The molecule has 2 aliphatic rings. The molecule has 3 atom stereocenters. The molecular weight excluding hydrogens is 350 g/mol. The first-order chi connectivity index (χ1) is 11.7. The number of nitriles is 3. The third-order valence-corrected chi connectivity index (χ3v) is 3.80. The molecule has 0 aliphatic heterocycles. The summed E-state index contributed by atoms with van der Waals surface area (Å²) in [4.78, 5) is 0. The molecule has 0 bridgehead atoms. The lowest BCUT2D eigenvalue weighted by Crippen LogP contribution is -2.33. The molecule has 0 radical (unpaired) electrons. The van der Waals surface area contributed by atoms with Gasteiger partial charge in [0.25, 0.3) is 0 Å². The van der Waals surface area contributed by atoms with Crippen molar-refractivity contribution in [1.29, 1.82) is 15.8 Å². The van der Waals surface area contributed by atoms with Gasteiger partial charge >= 0.3 is 0 Å². The molecule has 0 saturated carbocycles. The van der Waals surface area contributed by atoms with Crippen LogP contribution in [0.1, 0.15) is 0 Å². The van der Waals surface area contributed by atoms with E-state index in [-0.39, 0.29) is 0 Å². The SMILES string of the molecule is N#CC(N)C1C(F)=C(F)C2=C(F)C(C(C#N)C#N)C(F)=C(F)C2=C1F. The van der Waals surface area contributed by atoms with E-state index in [1.54, 1.807) is 0 Å². The second-order valence-electron chi connectivity index (χ2n) is 5.12. The summed E-state index contributed by atoms with van der Waals surface area (Å²) in [6, 6.07) is 1.63. The zero-order valence-corrected chi connectivity index (χ0v) is 12.0. The van der Waals surface area contributed by atoms with Crippen LogP contribution in [0.5, 0.6) is 0 Å². The Morgan fingerprint density at radius 3 is 1.48 bits per heavy atom. The number of halogens is 6. The van der Waals surface area contributed by atoms with Crippen molar-refractivity contribution in [2.24, 2.45) is 23.5 Å². The van der Waals surface area contributed by atoms with E-state index >= 15 is 0 Å². The van der Waals surface area contributed by atoms with Gasteiger partial charge in [0.1, 0.15) is 35.3 Å². The van der Waals surface area contributed by atoms with Crippen molar-refractivity contribution in [2.45, 2.75) is 6.04 Å². The Balaban J connectivity index is 2.83. The molecule has 2 N–H and O–H groups in total. The standard InChI is InChI=1S/C15H6F6N4/c16-10-6(4(1-22)2-23)12(18)14(20)9-8(10)15(21)13(19)7(11(9)17)5(25)3-24/h4-7H,25H2. The van der Waals surface area contributed by atoms with Crippen molar-refractivity contribution in [3.05, 3.63) is 46.1 Å². The number of nitrogens with two attached hydrogens (primary N) is 1. The minimum atomic E-state index is -2.47. The topological polar surface area (TPSA) is 97.4 Å². The quantitative estimate of drug-likeness (QED) is 0.766. The Morgan fingerprint density at radius 2 is 1.08 bits per heavy atom. The molecule has 25 heavy (non-hydrogen) atoms. The van der Waals surface area contributed by atoms with Gasteiger partial charge in [0, 0.05) is 0 Å². The fourth-order valence-electron chi connectivity index (χ4n) is 2.57. The molecule has 3 unspecified atom stereocenters. The van der Waals surface area contributed by atoms with Gasteiger partial charge in [-0.25, -0.2) is 26.3 Å². The van der Waals surface area contributed by atoms with Gasteiger partial charge in [0.05, 0.1) is 41.2 Å². The predicted molar refractivity (Wildman–Crippen MR) is 70.0 cm³/mol. The predicted octanol–water partition coefficient (Wildman–Crippen LogP) is 3.51. The number of allylic oxidation sites excluding steroid dienone is 6. The molecule has 0 aromatic heterocycles. The molecule has 128 valence electrons. The van der Waals surface area contributed by atoms with E-state index in [4.69, 9.17) is 21.5 Å². The van der Waals surface area contributed by atoms with Crippen LogP contribution in [-0.4, -0.2) is 6.04 Å². The highest BCUT2D eigenvalue weighted by atomic mass is 19.2. The summed E-state index contributed by atoms with van der Waals surface area (Å²) in [5.41, 5.74) is 2.01. The Bertz CT molecular complexity index is 878. The number of nitrogens with zero attached hydrogens (tertiary/aromatic N) is 3. The van der Waals surface area contributed by atoms with Crippen LogP contribution in [0.3, 0.4) is 0 Å². The summed E-state index contributed by atoms with van der Waals surface area (Å²) in [6.07, 6.45) is 0. The molecule has 0 spiro atoms. The third-order valence-electron chi connectivity index (χ3n) is 3.80. The molecule has 0 aromatic rings. The first-order valence-corrected chi connectivity index (χ1v) is 6.58. The lowest BCUT2D eigenvalue weighted by atomic mass is 9.77. The van der Waals surface area contributed by atoms with Crippen molar-refractivity contribution < 1.29 is 26.3 Å². The van der Waals surface area contributed by atoms with Gasteiger partial charge in [0.2, 0.25) is 0 Å². The first kappa shape index (κ1) is 18.3.